The van der Waals surface area contributed by atoms with Crippen LogP contribution < -0.4 is 10.1 Å². The van der Waals surface area contributed by atoms with Crippen LogP contribution in [0.4, 0.5) is 0 Å². The zero-order valence-corrected chi connectivity index (χ0v) is 18.3. The summed E-state index contributed by atoms with van der Waals surface area (Å²) in [6, 6.07) is 14.5. The Morgan fingerprint density at radius 1 is 1.17 bits per heavy atom. The Bertz CT molecular complexity index is 880. The summed E-state index contributed by atoms with van der Waals surface area (Å²) in [5.41, 5.74) is 2.09. The van der Waals surface area contributed by atoms with E-state index in [9.17, 15) is 9.59 Å². The van der Waals surface area contributed by atoms with E-state index in [0.29, 0.717) is 17.3 Å². The SMILES string of the molecule is Cc1cccc(CN(C(=O)COc2cccc(Cl)c2)[C@H](C)C(=O)NC2CCCC2)c1. The maximum absolute atomic E-state index is 13.1. The zero-order valence-electron chi connectivity index (χ0n) is 17.6. The van der Waals surface area contributed by atoms with E-state index < -0.39 is 6.04 Å². The first kappa shape index (κ1) is 22.2. The number of hydrogen-bond acceptors (Lipinski definition) is 3. The molecule has 2 aromatic rings. The van der Waals surface area contributed by atoms with Gasteiger partial charge < -0.3 is 15.0 Å². The number of hydrogen-bond donors (Lipinski definition) is 1. The topological polar surface area (TPSA) is 58.6 Å². The van der Waals surface area contributed by atoms with Crippen molar-refractivity contribution in [3.05, 3.63) is 64.7 Å². The molecular weight excluding hydrogens is 400 g/mol. The van der Waals surface area contributed by atoms with Crippen LogP contribution >= 0.6 is 11.6 Å². The van der Waals surface area contributed by atoms with Gasteiger partial charge in [0, 0.05) is 17.6 Å². The van der Waals surface area contributed by atoms with Gasteiger partial charge >= 0.3 is 0 Å². The van der Waals surface area contributed by atoms with E-state index in [2.05, 4.69) is 5.32 Å². The molecule has 0 unspecified atom stereocenters. The number of benzene rings is 2. The Labute approximate surface area is 183 Å². The average Bonchev–Trinajstić information content (AvgIpc) is 3.23. The zero-order chi connectivity index (χ0) is 21.5. The van der Waals surface area contributed by atoms with Gasteiger partial charge in [0.05, 0.1) is 0 Å². The van der Waals surface area contributed by atoms with Crippen molar-refractivity contribution in [1.82, 2.24) is 10.2 Å². The number of carbonyl (C=O) groups excluding carboxylic acids is 2. The first-order valence-corrected chi connectivity index (χ1v) is 10.8. The Morgan fingerprint density at radius 2 is 1.90 bits per heavy atom. The quantitative estimate of drug-likeness (QED) is 0.673. The molecule has 1 N–H and O–H groups in total. The number of nitrogens with one attached hydrogen (secondary N) is 1. The summed E-state index contributed by atoms with van der Waals surface area (Å²) in [5, 5.41) is 3.64. The minimum Gasteiger partial charge on any atom is -0.484 e. The van der Waals surface area contributed by atoms with Gasteiger partial charge in [-0.2, -0.15) is 0 Å². The first-order chi connectivity index (χ1) is 14.4. The summed E-state index contributed by atoms with van der Waals surface area (Å²) < 4.78 is 5.65. The molecule has 2 amide bonds. The van der Waals surface area contributed by atoms with Crippen LogP contribution in [0.5, 0.6) is 5.75 Å². The lowest BCUT2D eigenvalue weighted by Gasteiger charge is -2.29. The normalized spacial score (nSPS) is 14.9. The number of halogens is 1. The Morgan fingerprint density at radius 3 is 2.60 bits per heavy atom. The highest BCUT2D eigenvalue weighted by molar-refractivity contribution is 6.30. The van der Waals surface area contributed by atoms with Gasteiger partial charge in [-0.15, -0.1) is 0 Å². The predicted octanol–water partition coefficient (Wildman–Crippen LogP) is 4.50. The van der Waals surface area contributed by atoms with Gasteiger partial charge in [0.1, 0.15) is 11.8 Å². The molecule has 5 nitrogen and oxygen atoms in total. The van der Waals surface area contributed by atoms with Gasteiger partial charge in [-0.1, -0.05) is 60.3 Å². The third-order valence-electron chi connectivity index (χ3n) is 5.46. The van der Waals surface area contributed by atoms with Crippen molar-refractivity contribution in [2.45, 2.75) is 58.2 Å². The van der Waals surface area contributed by atoms with Crippen LogP contribution in [0, 0.1) is 6.92 Å². The van der Waals surface area contributed by atoms with Crippen LogP contribution in [-0.4, -0.2) is 35.4 Å². The smallest absolute Gasteiger partial charge is 0.261 e. The number of carbonyl (C=O) groups is 2. The van der Waals surface area contributed by atoms with E-state index >= 15 is 0 Å². The van der Waals surface area contributed by atoms with E-state index in [1.54, 1.807) is 36.1 Å². The summed E-state index contributed by atoms with van der Waals surface area (Å²) >= 11 is 5.99. The highest BCUT2D eigenvalue weighted by Gasteiger charge is 2.28. The number of nitrogens with zero attached hydrogens (tertiary/aromatic N) is 1. The van der Waals surface area contributed by atoms with Crippen molar-refractivity contribution in [3.63, 3.8) is 0 Å². The van der Waals surface area contributed by atoms with Crippen molar-refractivity contribution >= 4 is 23.4 Å². The van der Waals surface area contributed by atoms with Crippen molar-refractivity contribution < 1.29 is 14.3 Å². The molecule has 0 spiro atoms. The van der Waals surface area contributed by atoms with Gasteiger partial charge in [-0.25, -0.2) is 0 Å². The average molecular weight is 429 g/mol. The Kier molecular flexibility index (Phi) is 7.75. The maximum atomic E-state index is 13.1. The molecule has 3 rings (SSSR count). The second-order valence-corrected chi connectivity index (χ2v) is 8.36. The van der Waals surface area contributed by atoms with Crippen LogP contribution in [0.1, 0.15) is 43.7 Å². The monoisotopic (exact) mass is 428 g/mol. The molecule has 1 aliphatic rings. The van der Waals surface area contributed by atoms with E-state index in [-0.39, 0.29) is 24.5 Å². The molecule has 6 heteroatoms. The van der Waals surface area contributed by atoms with Crippen molar-refractivity contribution in [2.24, 2.45) is 0 Å². The lowest BCUT2D eigenvalue weighted by atomic mass is 10.1. The Hall–Kier alpha value is -2.53. The summed E-state index contributed by atoms with van der Waals surface area (Å²) in [7, 11) is 0. The molecule has 0 aliphatic heterocycles. The highest BCUT2D eigenvalue weighted by atomic mass is 35.5. The summed E-state index contributed by atoms with van der Waals surface area (Å²) in [6.07, 6.45) is 4.28. The van der Waals surface area contributed by atoms with E-state index in [4.69, 9.17) is 16.3 Å². The van der Waals surface area contributed by atoms with Gasteiger partial charge in [0.25, 0.3) is 5.91 Å². The lowest BCUT2D eigenvalue weighted by Crippen LogP contribution is -2.50. The second-order valence-electron chi connectivity index (χ2n) is 7.92. The molecule has 1 aliphatic carbocycles. The van der Waals surface area contributed by atoms with Gasteiger partial charge in [-0.3, -0.25) is 9.59 Å². The molecule has 160 valence electrons. The third kappa shape index (κ3) is 6.23. The van der Waals surface area contributed by atoms with Crippen LogP contribution in [0.25, 0.3) is 0 Å². The molecule has 0 aromatic heterocycles. The van der Waals surface area contributed by atoms with Crippen LogP contribution in [0.2, 0.25) is 5.02 Å². The molecule has 1 fully saturated rings. The van der Waals surface area contributed by atoms with Crippen molar-refractivity contribution in [2.75, 3.05) is 6.61 Å². The summed E-state index contributed by atoms with van der Waals surface area (Å²) in [5.74, 6) is 0.158. The van der Waals surface area contributed by atoms with Crippen LogP contribution in [0.15, 0.2) is 48.5 Å². The fourth-order valence-electron chi connectivity index (χ4n) is 3.77. The minimum atomic E-state index is -0.596. The first-order valence-electron chi connectivity index (χ1n) is 10.5. The van der Waals surface area contributed by atoms with Gasteiger partial charge in [0.15, 0.2) is 6.61 Å². The fraction of sp³-hybridized carbons (Fsp3) is 0.417. The van der Waals surface area contributed by atoms with E-state index in [1.165, 1.54) is 0 Å². The molecule has 2 aromatic carbocycles. The number of amides is 2. The second kappa shape index (κ2) is 10.5. The van der Waals surface area contributed by atoms with Gasteiger partial charge in [0.2, 0.25) is 5.91 Å². The van der Waals surface area contributed by atoms with E-state index in [0.717, 1.165) is 36.8 Å². The van der Waals surface area contributed by atoms with E-state index in [1.807, 2.05) is 31.2 Å². The van der Waals surface area contributed by atoms with Crippen LogP contribution in [-0.2, 0) is 16.1 Å². The molecule has 0 heterocycles. The molecule has 0 radical (unpaired) electrons. The third-order valence-corrected chi connectivity index (χ3v) is 5.70. The lowest BCUT2D eigenvalue weighted by molar-refractivity contribution is -0.142. The highest BCUT2D eigenvalue weighted by Crippen LogP contribution is 2.20. The molecule has 0 bridgehead atoms. The summed E-state index contributed by atoms with van der Waals surface area (Å²) in [4.78, 5) is 27.5. The van der Waals surface area contributed by atoms with Gasteiger partial charge in [-0.05, 0) is 50.5 Å². The molecule has 30 heavy (non-hydrogen) atoms. The number of ether oxygens (including phenoxy) is 1. The standard InChI is InChI=1S/C24H29ClN2O3/c1-17-7-5-8-19(13-17)15-27(18(2)24(29)26-21-10-3-4-11-21)23(28)16-30-22-12-6-9-20(25)14-22/h5-9,12-14,18,21H,3-4,10-11,15-16H2,1-2H3,(H,26,29)/t18-/m1/s1. The molecule has 1 saturated carbocycles. The minimum absolute atomic E-state index is 0.120. The number of aryl methyl sites for hydroxylation is 1. The molecule has 1 atom stereocenters. The van der Waals surface area contributed by atoms with Crippen molar-refractivity contribution in [3.8, 4) is 5.75 Å². The number of rotatable bonds is 8. The molecule has 0 saturated heterocycles. The predicted molar refractivity (Wildman–Crippen MR) is 119 cm³/mol. The van der Waals surface area contributed by atoms with Crippen molar-refractivity contribution in [1.29, 1.82) is 0 Å². The largest absolute Gasteiger partial charge is 0.484 e. The molecular formula is C24H29ClN2O3. The maximum Gasteiger partial charge on any atom is 0.261 e. The van der Waals surface area contributed by atoms with Crippen LogP contribution in [0.3, 0.4) is 0 Å². The Balaban J connectivity index is 1.71. The summed E-state index contributed by atoms with van der Waals surface area (Å²) in [6.45, 7) is 3.97. The fourth-order valence-corrected chi connectivity index (χ4v) is 3.95.